The van der Waals surface area contributed by atoms with Gasteiger partial charge >= 0.3 is 0 Å². The molecule has 1 fully saturated rings. The van der Waals surface area contributed by atoms with Gasteiger partial charge < -0.3 is 9.88 Å². The van der Waals surface area contributed by atoms with E-state index in [1.165, 1.54) is 32.2 Å². The maximum absolute atomic E-state index is 4.49. The molecule has 1 aliphatic heterocycles. The summed E-state index contributed by atoms with van der Waals surface area (Å²) in [6, 6.07) is 0.693. The zero-order valence-electron chi connectivity index (χ0n) is 8.66. The van der Waals surface area contributed by atoms with E-state index in [0.29, 0.717) is 6.04 Å². The van der Waals surface area contributed by atoms with Crippen LogP contribution in [0.5, 0.6) is 0 Å². The summed E-state index contributed by atoms with van der Waals surface area (Å²) in [6.45, 7) is 3.24. The zero-order chi connectivity index (χ0) is 9.54. The summed E-state index contributed by atoms with van der Waals surface area (Å²) in [7, 11) is 0. The Kier molecular flexibility index (Phi) is 1.79. The molecule has 0 spiro atoms. The number of fused-ring (bicyclic) bond motifs is 2. The highest BCUT2D eigenvalue weighted by molar-refractivity contribution is 5.33. The van der Waals surface area contributed by atoms with Gasteiger partial charge in [0, 0.05) is 18.8 Å². The highest BCUT2D eigenvalue weighted by atomic mass is 15.2. The number of aryl methyl sites for hydroxylation is 1. The number of nitrogens with one attached hydrogen (secondary N) is 1. The van der Waals surface area contributed by atoms with Gasteiger partial charge in [-0.25, -0.2) is 4.98 Å². The molecule has 2 heterocycles. The molecule has 3 heteroatoms. The van der Waals surface area contributed by atoms with Gasteiger partial charge in [0.05, 0.1) is 5.69 Å². The van der Waals surface area contributed by atoms with E-state index < -0.39 is 0 Å². The topological polar surface area (TPSA) is 29.9 Å². The van der Waals surface area contributed by atoms with Gasteiger partial charge in [-0.15, -0.1) is 0 Å². The van der Waals surface area contributed by atoms with Crippen LogP contribution in [0.4, 0.5) is 5.95 Å². The second kappa shape index (κ2) is 3.01. The largest absolute Gasteiger partial charge is 0.353 e. The minimum atomic E-state index is 0.693. The van der Waals surface area contributed by atoms with Gasteiger partial charge in [0.2, 0.25) is 5.95 Å². The first-order valence-corrected chi connectivity index (χ1v) is 5.63. The maximum Gasteiger partial charge on any atom is 0.203 e. The predicted molar refractivity (Wildman–Crippen MR) is 56.3 cm³/mol. The smallest absolute Gasteiger partial charge is 0.203 e. The average molecular weight is 191 g/mol. The Balaban J connectivity index is 1.90. The lowest BCUT2D eigenvalue weighted by Gasteiger charge is -2.36. The molecule has 0 aromatic carbocycles. The first-order valence-electron chi connectivity index (χ1n) is 5.63. The van der Waals surface area contributed by atoms with Crippen molar-refractivity contribution in [1.82, 2.24) is 9.55 Å². The summed E-state index contributed by atoms with van der Waals surface area (Å²) >= 11 is 0. The van der Waals surface area contributed by atoms with Gasteiger partial charge in [-0.05, 0) is 25.7 Å². The summed E-state index contributed by atoms with van der Waals surface area (Å²) in [5, 5.41) is 3.57. The van der Waals surface area contributed by atoms with Crippen molar-refractivity contribution in [3.05, 3.63) is 11.9 Å². The van der Waals surface area contributed by atoms with Crippen LogP contribution in [-0.2, 0) is 6.54 Å². The van der Waals surface area contributed by atoms with Gasteiger partial charge in [0.1, 0.15) is 0 Å². The number of anilines is 1. The van der Waals surface area contributed by atoms with Gasteiger partial charge in [-0.2, -0.15) is 0 Å². The first-order chi connectivity index (χ1) is 6.83. The van der Waals surface area contributed by atoms with E-state index in [4.69, 9.17) is 0 Å². The Labute approximate surface area is 84.5 Å². The van der Waals surface area contributed by atoms with Crippen LogP contribution in [-0.4, -0.2) is 15.6 Å². The van der Waals surface area contributed by atoms with Gasteiger partial charge in [-0.1, -0.05) is 12.8 Å². The van der Waals surface area contributed by atoms with Crippen molar-refractivity contribution in [2.45, 2.75) is 45.2 Å². The highest BCUT2D eigenvalue weighted by Crippen LogP contribution is 2.32. The molecule has 1 aromatic heterocycles. The fourth-order valence-electron chi connectivity index (χ4n) is 2.84. The quantitative estimate of drug-likeness (QED) is 0.681. The molecule has 0 radical (unpaired) electrons. The van der Waals surface area contributed by atoms with Crippen molar-refractivity contribution in [2.75, 3.05) is 5.32 Å². The third-order valence-electron chi connectivity index (χ3n) is 3.55. The number of aromatic nitrogens is 2. The number of hydrogen-bond acceptors (Lipinski definition) is 2. The lowest BCUT2D eigenvalue weighted by Crippen LogP contribution is -2.39. The van der Waals surface area contributed by atoms with Crippen molar-refractivity contribution in [3.8, 4) is 0 Å². The molecule has 1 aromatic rings. The van der Waals surface area contributed by atoms with E-state index in [0.717, 1.165) is 17.6 Å². The van der Waals surface area contributed by atoms with Crippen molar-refractivity contribution in [2.24, 2.45) is 5.92 Å². The van der Waals surface area contributed by atoms with Crippen molar-refractivity contribution < 1.29 is 0 Å². The lowest BCUT2D eigenvalue weighted by molar-refractivity contribution is 0.273. The molecule has 2 atom stereocenters. The highest BCUT2D eigenvalue weighted by Gasteiger charge is 2.30. The van der Waals surface area contributed by atoms with Crippen molar-refractivity contribution >= 4 is 5.95 Å². The number of nitrogens with zero attached hydrogens (tertiary/aromatic N) is 2. The Morgan fingerprint density at radius 3 is 3.21 bits per heavy atom. The second-order valence-electron chi connectivity index (χ2n) is 4.65. The van der Waals surface area contributed by atoms with Crippen LogP contribution in [0.25, 0.3) is 0 Å². The molecule has 76 valence electrons. The Hall–Kier alpha value is -0.990. The van der Waals surface area contributed by atoms with Crippen LogP contribution < -0.4 is 5.32 Å². The van der Waals surface area contributed by atoms with E-state index in [1.807, 2.05) is 0 Å². The first kappa shape index (κ1) is 8.33. The van der Waals surface area contributed by atoms with Gasteiger partial charge in [-0.3, -0.25) is 0 Å². The number of hydrogen-bond donors (Lipinski definition) is 1. The van der Waals surface area contributed by atoms with E-state index in [2.05, 4.69) is 28.0 Å². The molecule has 14 heavy (non-hydrogen) atoms. The SMILES string of the molecule is Cc1cn2c(n1)NC1CCCCC1C2. The van der Waals surface area contributed by atoms with Gasteiger partial charge in [0.15, 0.2) is 0 Å². The Morgan fingerprint density at radius 2 is 2.29 bits per heavy atom. The summed E-state index contributed by atoms with van der Waals surface area (Å²) in [5.74, 6) is 1.93. The summed E-state index contributed by atoms with van der Waals surface area (Å²) in [6.07, 6.45) is 7.66. The summed E-state index contributed by atoms with van der Waals surface area (Å²) < 4.78 is 2.28. The van der Waals surface area contributed by atoms with E-state index in [9.17, 15) is 0 Å². The number of rotatable bonds is 0. The fraction of sp³-hybridized carbons (Fsp3) is 0.727. The van der Waals surface area contributed by atoms with Crippen molar-refractivity contribution in [1.29, 1.82) is 0 Å². The monoisotopic (exact) mass is 191 g/mol. The van der Waals surface area contributed by atoms with E-state index >= 15 is 0 Å². The minimum Gasteiger partial charge on any atom is -0.353 e. The maximum atomic E-state index is 4.49. The average Bonchev–Trinajstić information content (AvgIpc) is 2.53. The molecule has 0 saturated heterocycles. The fourth-order valence-corrected chi connectivity index (χ4v) is 2.84. The van der Waals surface area contributed by atoms with E-state index in [-0.39, 0.29) is 0 Å². The molecule has 1 saturated carbocycles. The van der Waals surface area contributed by atoms with Crippen LogP contribution in [0.3, 0.4) is 0 Å². The third-order valence-corrected chi connectivity index (χ3v) is 3.55. The third kappa shape index (κ3) is 1.22. The van der Waals surface area contributed by atoms with Crippen LogP contribution >= 0.6 is 0 Å². The van der Waals surface area contributed by atoms with Crippen LogP contribution in [0.15, 0.2) is 6.20 Å². The van der Waals surface area contributed by atoms with Crippen LogP contribution in [0, 0.1) is 12.8 Å². The Bertz CT molecular complexity index is 311. The molecule has 3 rings (SSSR count). The molecule has 2 aliphatic rings. The Morgan fingerprint density at radius 1 is 1.43 bits per heavy atom. The molecule has 3 nitrogen and oxygen atoms in total. The van der Waals surface area contributed by atoms with E-state index in [1.54, 1.807) is 0 Å². The molecule has 2 unspecified atom stereocenters. The minimum absolute atomic E-state index is 0.693. The van der Waals surface area contributed by atoms with Gasteiger partial charge in [0.25, 0.3) is 0 Å². The zero-order valence-corrected chi connectivity index (χ0v) is 8.66. The predicted octanol–water partition coefficient (Wildman–Crippen LogP) is 2.18. The molecule has 1 aliphatic carbocycles. The van der Waals surface area contributed by atoms with Crippen molar-refractivity contribution in [3.63, 3.8) is 0 Å². The lowest BCUT2D eigenvalue weighted by atomic mass is 9.83. The second-order valence-corrected chi connectivity index (χ2v) is 4.65. The molecular weight excluding hydrogens is 174 g/mol. The number of imidazole rings is 1. The van der Waals surface area contributed by atoms with Crippen LogP contribution in [0.2, 0.25) is 0 Å². The molecule has 1 N–H and O–H groups in total. The summed E-state index contributed by atoms with van der Waals surface area (Å²) in [5.41, 5.74) is 1.13. The molecule has 0 amide bonds. The summed E-state index contributed by atoms with van der Waals surface area (Å²) in [4.78, 5) is 4.49. The molecule has 0 bridgehead atoms. The standard InChI is InChI=1S/C11H17N3/c1-8-6-14-7-9-4-2-3-5-10(9)13-11(14)12-8/h6,9-10H,2-5,7H2,1H3,(H,12,13). The molecular formula is C11H17N3. The van der Waals surface area contributed by atoms with Crippen LogP contribution in [0.1, 0.15) is 31.4 Å². The normalized spacial score (nSPS) is 30.4.